The summed E-state index contributed by atoms with van der Waals surface area (Å²) >= 11 is 0. The van der Waals surface area contributed by atoms with E-state index in [-0.39, 0.29) is 19.4 Å². The molecule has 0 aliphatic heterocycles. The van der Waals surface area contributed by atoms with Gasteiger partial charge in [-0.15, -0.1) is 0 Å². The van der Waals surface area contributed by atoms with Crippen molar-refractivity contribution < 1.29 is 8.42 Å². The molecule has 0 saturated carbocycles. The van der Waals surface area contributed by atoms with E-state index in [0.29, 0.717) is 6.42 Å². The second kappa shape index (κ2) is 9.25. The zero-order valence-electron chi connectivity index (χ0n) is 15.4. The fraction of sp³-hybridized carbons (Fsp3) is 0.368. The standard InChI is InChI=1S/C19H27B2NO2S/c1-4-15-25(23,24)22(20(2)16-18-11-7-5-8-12-18)21(3)17-19-13-9-6-10-14-19/h5-14H,4,15-17H2,1-3H3. The van der Waals surface area contributed by atoms with E-state index in [1.165, 1.54) is 11.1 Å². The van der Waals surface area contributed by atoms with Crippen LogP contribution in [0.4, 0.5) is 0 Å². The third-order valence-electron chi connectivity index (χ3n) is 4.40. The Bertz CT molecular complexity index is 691. The minimum absolute atomic E-state index is 0.0716. The van der Waals surface area contributed by atoms with Crippen molar-refractivity contribution in [3.63, 3.8) is 0 Å². The molecule has 132 valence electrons. The molecule has 0 spiro atoms. The van der Waals surface area contributed by atoms with Crippen LogP contribution in [0.25, 0.3) is 0 Å². The molecule has 0 atom stereocenters. The normalized spacial score (nSPS) is 11.5. The molecule has 25 heavy (non-hydrogen) atoms. The first kappa shape index (κ1) is 19.8. The van der Waals surface area contributed by atoms with Gasteiger partial charge < -0.3 is 0 Å². The van der Waals surface area contributed by atoms with Crippen molar-refractivity contribution in [3.8, 4) is 0 Å². The Morgan fingerprint density at radius 1 is 0.800 bits per heavy atom. The molecule has 0 bridgehead atoms. The van der Waals surface area contributed by atoms with Crippen molar-refractivity contribution in [1.82, 2.24) is 4.13 Å². The summed E-state index contributed by atoms with van der Waals surface area (Å²) in [6, 6.07) is 20.2. The van der Waals surface area contributed by atoms with Gasteiger partial charge in [0.2, 0.25) is 13.7 Å². The predicted octanol–water partition coefficient (Wildman–Crippen LogP) is 3.83. The Kier molecular flexibility index (Phi) is 7.33. The molecule has 3 nitrogen and oxygen atoms in total. The molecule has 0 saturated heterocycles. The van der Waals surface area contributed by atoms with Crippen LogP contribution in [0.1, 0.15) is 24.5 Å². The Labute approximate surface area is 153 Å². The molecule has 2 aromatic carbocycles. The summed E-state index contributed by atoms with van der Waals surface area (Å²) in [6.45, 7) is 5.80. The molecule has 0 unspecified atom stereocenters. The zero-order valence-corrected chi connectivity index (χ0v) is 16.2. The van der Waals surface area contributed by atoms with E-state index in [1.807, 2.05) is 57.0 Å². The average Bonchev–Trinajstić information content (AvgIpc) is 2.56. The van der Waals surface area contributed by atoms with Crippen LogP contribution in [0.2, 0.25) is 13.6 Å². The van der Waals surface area contributed by atoms with Crippen LogP contribution in [0.3, 0.4) is 0 Å². The summed E-state index contributed by atoms with van der Waals surface area (Å²) in [5.74, 6) is 0.200. The van der Waals surface area contributed by atoms with Crippen LogP contribution in [0.5, 0.6) is 0 Å². The van der Waals surface area contributed by atoms with E-state index in [1.54, 1.807) is 4.13 Å². The molecule has 0 amide bonds. The molecular formula is C19H27B2NO2S. The monoisotopic (exact) mass is 355 g/mol. The number of hydrogen-bond donors (Lipinski definition) is 0. The number of rotatable bonds is 9. The molecule has 0 heterocycles. The molecule has 0 aliphatic carbocycles. The van der Waals surface area contributed by atoms with Gasteiger partial charge in [-0.25, -0.2) is 8.42 Å². The van der Waals surface area contributed by atoms with E-state index in [0.717, 1.165) is 12.6 Å². The fourth-order valence-electron chi connectivity index (χ4n) is 3.44. The number of benzene rings is 2. The number of nitrogens with zero attached hydrogens (tertiary/aromatic N) is 1. The highest BCUT2D eigenvalue weighted by Crippen LogP contribution is 2.16. The van der Waals surface area contributed by atoms with Gasteiger partial charge in [-0.3, -0.25) is 4.13 Å². The summed E-state index contributed by atoms with van der Waals surface area (Å²) in [4.78, 5) is 0. The second-order valence-electron chi connectivity index (χ2n) is 6.72. The maximum atomic E-state index is 12.9. The summed E-state index contributed by atoms with van der Waals surface area (Å²) in [5, 5.41) is 0. The van der Waals surface area contributed by atoms with Gasteiger partial charge in [0.1, 0.15) is 0 Å². The fourth-order valence-corrected chi connectivity index (χ4v) is 5.41. The van der Waals surface area contributed by atoms with Crippen LogP contribution in [-0.2, 0) is 22.7 Å². The van der Waals surface area contributed by atoms with Gasteiger partial charge in [0.05, 0.1) is 5.75 Å². The Hall–Kier alpha value is -1.52. The van der Waals surface area contributed by atoms with E-state index in [2.05, 4.69) is 24.3 Å². The number of sulfonamides is 1. The quantitative estimate of drug-likeness (QED) is 0.641. The molecule has 0 aliphatic rings. The molecule has 0 fully saturated rings. The van der Waals surface area contributed by atoms with Gasteiger partial charge in [0.25, 0.3) is 0 Å². The van der Waals surface area contributed by atoms with Crippen molar-refractivity contribution in [2.24, 2.45) is 0 Å². The maximum absolute atomic E-state index is 12.9. The van der Waals surface area contributed by atoms with Crippen LogP contribution < -0.4 is 0 Å². The minimum Gasteiger partial charge on any atom is -0.281 e. The van der Waals surface area contributed by atoms with E-state index >= 15 is 0 Å². The molecule has 0 radical (unpaired) electrons. The van der Waals surface area contributed by atoms with E-state index in [9.17, 15) is 8.42 Å². The molecule has 0 N–H and O–H groups in total. The van der Waals surface area contributed by atoms with Gasteiger partial charge in [0, 0.05) is 0 Å². The lowest BCUT2D eigenvalue weighted by atomic mass is 9.48. The van der Waals surface area contributed by atoms with Crippen molar-refractivity contribution in [1.29, 1.82) is 0 Å². The summed E-state index contributed by atoms with van der Waals surface area (Å²) in [7, 11) is -3.28. The molecule has 6 heteroatoms. The molecule has 2 aromatic rings. The van der Waals surface area contributed by atoms with Crippen molar-refractivity contribution in [2.45, 2.75) is 39.6 Å². The maximum Gasteiger partial charge on any atom is 0.228 e. The Balaban J connectivity index is 2.23. The van der Waals surface area contributed by atoms with Crippen molar-refractivity contribution in [3.05, 3.63) is 71.8 Å². The highest BCUT2D eigenvalue weighted by atomic mass is 32.2. The van der Waals surface area contributed by atoms with Gasteiger partial charge in [0.15, 0.2) is 10.0 Å². The molecule has 2 rings (SSSR count). The van der Waals surface area contributed by atoms with Crippen molar-refractivity contribution >= 4 is 23.7 Å². The third-order valence-corrected chi connectivity index (χ3v) is 6.69. The second-order valence-corrected chi connectivity index (χ2v) is 8.72. The van der Waals surface area contributed by atoms with Gasteiger partial charge in [-0.05, 0) is 19.1 Å². The van der Waals surface area contributed by atoms with Crippen molar-refractivity contribution in [2.75, 3.05) is 5.75 Å². The van der Waals surface area contributed by atoms with Gasteiger partial charge in [-0.2, -0.15) is 0 Å². The molecular weight excluding hydrogens is 328 g/mol. The minimum atomic E-state index is -3.28. The topological polar surface area (TPSA) is 37.4 Å². The van der Waals surface area contributed by atoms with Crippen LogP contribution >= 0.6 is 0 Å². The van der Waals surface area contributed by atoms with E-state index < -0.39 is 10.0 Å². The highest BCUT2D eigenvalue weighted by molar-refractivity contribution is 7.91. The lowest BCUT2D eigenvalue weighted by Gasteiger charge is -2.31. The lowest BCUT2D eigenvalue weighted by molar-refractivity contribution is 0.572. The van der Waals surface area contributed by atoms with Crippen LogP contribution in [0, 0.1) is 0 Å². The highest BCUT2D eigenvalue weighted by Gasteiger charge is 2.34. The van der Waals surface area contributed by atoms with Crippen LogP contribution in [-0.4, -0.2) is 32.0 Å². The van der Waals surface area contributed by atoms with Gasteiger partial charge in [-0.1, -0.05) is 92.4 Å². The SMILES string of the molecule is CCCS(=O)(=O)N(B(C)Cc1ccccc1)B(C)Cc1ccccc1. The first-order valence-corrected chi connectivity index (χ1v) is 10.6. The zero-order chi connectivity index (χ0) is 18.3. The average molecular weight is 355 g/mol. The smallest absolute Gasteiger partial charge is 0.228 e. The summed E-state index contributed by atoms with van der Waals surface area (Å²) < 4.78 is 27.6. The first-order valence-electron chi connectivity index (χ1n) is 9.03. The lowest BCUT2D eigenvalue weighted by Crippen LogP contribution is -2.53. The third kappa shape index (κ3) is 5.75. The van der Waals surface area contributed by atoms with E-state index in [4.69, 9.17) is 0 Å². The van der Waals surface area contributed by atoms with Crippen LogP contribution in [0.15, 0.2) is 60.7 Å². The number of hydrogen-bond acceptors (Lipinski definition) is 2. The van der Waals surface area contributed by atoms with Gasteiger partial charge >= 0.3 is 0 Å². The molecule has 0 aromatic heterocycles. The largest absolute Gasteiger partial charge is 0.281 e. The first-order chi connectivity index (χ1) is 11.9. The summed E-state index contributed by atoms with van der Waals surface area (Å²) in [6.07, 6.45) is 2.08. The predicted molar refractivity (Wildman–Crippen MR) is 109 cm³/mol. The Morgan fingerprint density at radius 2 is 1.20 bits per heavy atom. The Morgan fingerprint density at radius 3 is 1.56 bits per heavy atom. The summed E-state index contributed by atoms with van der Waals surface area (Å²) in [5.41, 5.74) is 2.33.